The predicted octanol–water partition coefficient (Wildman–Crippen LogP) is 11.1. The van der Waals surface area contributed by atoms with Gasteiger partial charge >= 0.3 is 0 Å². The first-order valence-electron chi connectivity index (χ1n) is 9.27. The van der Waals surface area contributed by atoms with E-state index < -0.39 is 0 Å². The molecule has 2 atom stereocenters. The predicted molar refractivity (Wildman–Crippen MR) is 164 cm³/mol. The van der Waals surface area contributed by atoms with Crippen molar-refractivity contribution in [2.24, 2.45) is 0 Å². The number of thioether (sulfide) groups is 12. The fourth-order valence-corrected chi connectivity index (χ4v) is 22.3. The van der Waals surface area contributed by atoms with Crippen LogP contribution in [0.3, 0.4) is 0 Å². The van der Waals surface area contributed by atoms with E-state index in [0.29, 0.717) is 0 Å². The lowest BCUT2D eigenvalue weighted by Crippen LogP contribution is -2.26. The van der Waals surface area contributed by atoms with Gasteiger partial charge in [-0.1, -0.05) is 107 Å². The van der Waals surface area contributed by atoms with Crippen molar-refractivity contribution < 1.29 is 0 Å². The van der Waals surface area contributed by atoms with Crippen LogP contribution < -0.4 is 0 Å². The maximum Gasteiger partial charge on any atom is 0.0718 e. The summed E-state index contributed by atoms with van der Waals surface area (Å²) in [4.78, 5) is 0. The minimum atomic E-state index is 0.861. The largest absolute Gasteiger partial charge is 0.121 e. The van der Waals surface area contributed by atoms with Gasteiger partial charge in [-0.05, 0) is 25.4 Å². The zero-order valence-corrected chi connectivity index (χ0v) is 25.7. The standard InChI is InChI=1S/C18H16S12/c1-19-9-10(20-2)24-13(23-9)14-27-17-18(28-14)30-16(29-17)15-25-11-12(26-15)22-8-6-4-3-5-7(8)21-11/h7-8H,3-6H2,1-2H3. The summed E-state index contributed by atoms with van der Waals surface area (Å²) in [5.41, 5.74) is 0. The highest BCUT2D eigenvalue weighted by Crippen LogP contribution is 2.74. The minimum Gasteiger partial charge on any atom is -0.121 e. The molecule has 6 aliphatic rings. The Bertz CT molecular complexity index is 886. The molecule has 12 heteroatoms. The maximum atomic E-state index is 2.19. The second-order valence-corrected chi connectivity index (χ2v) is 21.6. The molecule has 0 bridgehead atoms. The lowest BCUT2D eigenvalue weighted by atomic mass is 10.00. The van der Waals surface area contributed by atoms with Gasteiger partial charge in [-0.2, -0.15) is 0 Å². The highest BCUT2D eigenvalue weighted by atomic mass is 32.3. The van der Waals surface area contributed by atoms with Gasteiger partial charge in [0.1, 0.15) is 0 Å². The molecule has 5 aliphatic heterocycles. The zero-order chi connectivity index (χ0) is 20.2. The molecule has 2 unspecified atom stereocenters. The summed E-state index contributed by atoms with van der Waals surface area (Å²) in [5, 5.41) is 1.72. The molecule has 1 saturated carbocycles. The Morgan fingerprint density at radius 1 is 0.500 bits per heavy atom. The van der Waals surface area contributed by atoms with Crippen molar-refractivity contribution in [1.29, 1.82) is 0 Å². The van der Waals surface area contributed by atoms with Gasteiger partial charge in [0.05, 0.1) is 42.4 Å². The van der Waals surface area contributed by atoms with Gasteiger partial charge in [0.2, 0.25) is 0 Å². The number of hydrogen-bond donors (Lipinski definition) is 0. The first kappa shape index (κ1) is 23.3. The molecule has 160 valence electrons. The Morgan fingerprint density at radius 3 is 1.20 bits per heavy atom. The fourth-order valence-electron chi connectivity index (χ4n) is 3.47. The van der Waals surface area contributed by atoms with E-state index in [2.05, 4.69) is 59.6 Å². The van der Waals surface area contributed by atoms with E-state index in [-0.39, 0.29) is 0 Å². The van der Waals surface area contributed by atoms with E-state index in [1.807, 2.05) is 94.1 Å². The zero-order valence-electron chi connectivity index (χ0n) is 15.9. The molecule has 1 fully saturated rings. The van der Waals surface area contributed by atoms with Gasteiger partial charge in [0, 0.05) is 10.5 Å². The highest BCUT2D eigenvalue weighted by molar-refractivity contribution is 8.51. The number of rotatable bonds is 2. The van der Waals surface area contributed by atoms with Crippen LogP contribution in [-0.2, 0) is 0 Å². The average molecular weight is 617 g/mol. The van der Waals surface area contributed by atoms with Crippen molar-refractivity contribution in [3.8, 4) is 0 Å². The topological polar surface area (TPSA) is 0 Å². The molecule has 0 N–H and O–H groups in total. The van der Waals surface area contributed by atoms with Gasteiger partial charge in [-0.3, -0.25) is 0 Å². The molecule has 0 aromatic heterocycles. The van der Waals surface area contributed by atoms with Crippen LogP contribution in [0.25, 0.3) is 0 Å². The van der Waals surface area contributed by atoms with Crippen molar-refractivity contribution in [1.82, 2.24) is 0 Å². The van der Waals surface area contributed by atoms with Gasteiger partial charge in [-0.25, -0.2) is 0 Å². The molecule has 0 spiro atoms. The summed E-state index contributed by atoms with van der Waals surface area (Å²) in [6.45, 7) is 0. The average Bonchev–Trinajstić information content (AvgIpc) is 3.51. The third-order valence-electron chi connectivity index (χ3n) is 4.85. The van der Waals surface area contributed by atoms with Gasteiger partial charge < -0.3 is 0 Å². The number of hydrogen-bond acceptors (Lipinski definition) is 12. The SMILES string of the molecule is CSC1=C(SC)SC(=C2SC3=C(S2)SC(=C2SC4=C(S2)SC2CCCCC2S4)S3)S1. The molecule has 6 rings (SSSR count). The molecule has 0 saturated heterocycles. The van der Waals surface area contributed by atoms with Crippen LogP contribution in [0, 0.1) is 0 Å². The second kappa shape index (κ2) is 10.1. The third-order valence-corrected chi connectivity index (χ3v) is 23.1. The summed E-state index contributed by atoms with van der Waals surface area (Å²) in [5.74, 6) is 0. The highest BCUT2D eigenvalue weighted by Gasteiger charge is 2.40. The maximum absolute atomic E-state index is 2.19. The van der Waals surface area contributed by atoms with E-state index in [4.69, 9.17) is 0 Å². The molecule has 0 radical (unpaired) electrons. The molecule has 0 aromatic rings. The van der Waals surface area contributed by atoms with E-state index in [1.165, 1.54) is 55.3 Å². The Hall–Kier alpha value is 2.90. The quantitative estimate of drug-likeness (QED) is 0.290. The summed E-state index contributed by atoms with van der Waals surface area (Å²) in [6, 6.07) is 0. The van der Waals surface area contributed by atoms with Crippen LogP contribution >= 0.6 is 141 Å². The van der Waals surface area contributed by atoms with Crippen molar-refractivity contribution in [3.63, 3.8) is 0 Å². The monoisotopic (exact) mass is 616 g/mol. The lowest BCUT2D eigenvalue weighted by molar-refractivity contribution is 0.528. The molecular formula is C18H16S12. The molecule has 5 heterocycles. The van der Waals surface area contributed by atoms with Gasteiger partial charge in [0.25, 0.3) is 0 Å². The molecule has 30 heavy (non-hydrogen) atoms. The Balaban J connectivity index is 1.12. The molecule has 0 aromatic carbocycles. The van der Waals surface area contributed by atoms with Crippen molar-refractivity contribution in [2.45, 2.75) is 36.2 Å². The van der Waals surface area contributed by atoms with E-state index in [1.54, 1.807) is 12.7 Å². The van der Waals surface area contributed by atoms with Crippen LogP contribution in [0.4, 0.5) is 0 Å². The van der Waals surface area contributed by atoms with Crippen molar-refractivity contribution in [2.75, 3.05) is 12.5 Å². The van der Waals surface area contributed by atoms with E-state index in [9.17, 15) is 0 Å². The molecule has 1 aliphatic carbocycles. The normalized spacial score (nSPS) is 31.4. The first-order valence-corrected chi connectivity index (χ1v) is 20.0. The molecule has 0 amide bonds. The summed E-state index contributed by atoms with van der Waals surface area (Å²) >= 11 is 24.3. The molecule has 0 nitrogen and oxygen atoms in total. The smallest absolute Gasteiger partial charge is 0.0718 e. The third kappa shape index (κ3) is 4.55. The summed E-state index contributed by atoms with van der Waals surface area (Å²) in [7, 11) is 0. The van der Waals surface area contributed by atoms with Crippen LogP contribution in [0.15, 0.2) is 42.4 Å². The van der Waals surface area contributed by atoms with Gasteiger partial charge in [0.15, 0.2) is 0 Å². The Labute approximate surface area is 229 Å². The van der Waals surface area contributed by atoms with E-state index in [0.717, 1.165) is 10.5 Å². The number of fused-ring (bicyclic) bond motifs is 1. The van der Waals surface area contributed by atoms with Crippen molar-refractivity contribution >= 4 is 141 Å². The van der Waals surface area contributed by atoms with Crippen LogP contribution in [0.2, 0.25) is 0 Å². The van der Waals surface area contributed by atoms with Crippen LogP contribution in [-0.4, -0.2) is 23.0 Å². The molecular weight excluding hydrogens is 601 g/mol. The summed E-state index contributed by atoms with van der Waals surface area (Å²) in [6.07, 6.45) is 10.1. The first-order chi connectivity index (χ1) is 14.7. The fraction of sp³-hybridized carbons (Fsp3) is 0.444. The van der Waals surface area contributed by atoms with Crippen LogP contribution in [0.1, 0.15) is 25.7 Å². The lowest BCUT2D eigenvalue weighted by Gasteiger charge is -2.34. The second-order valence-electron chi connectivity index (χ2n) is 6.70. The van der Waals surface area contributed by atoms with Gasteiger partial charge in [-0.15, -0.1) is 47.0 Å². The minimum absolute atomic E-state index is 0.861. The van der Waals surface area contributed by atoms with Crippen LogP contribution in [0.5, 0.6) is 0 Å². The summed E-state index contributed by atoms with van der Waals surface area (Å²) < 4.78 is 15.2. The Morgan fingerprint density at radius 2 is 0.833 bits per heavy atom. The van der Waals surface area contributed by atoms with Crippen molar-refractivity contribution in [3.05, 3.63) is 42.4 Å². The van der Waals surface area contributed by atoms with E-state index >= 15 is 0 Å². The Kier molecular flexibility index (Phi) is 7.85.